The number of rotatable bonds is 7. The van der Waals surface area contributed by atoms with E-state index in [1.54, 1.807) is 12.3 Å². The summed E-state index contributed by atoms with van der Waals surface area (Å²) in [5.41, 5.74) is 1.39. The van der Waals surface area contributed by atoms with E-state index in [1.165, 1.54) is 0 Å². The standard InChI is InChI=1S/C23H32ClN3O3/c1-15(2)13-23(7,27-21(28)30-22(4,5)6)14-29-19-9-8-18(26-20(19)24)17-10-11-25-16(3)12-17/h8-12,15H,13-14H2,1-7H3,(H,27,28). The van der Waals surface area contributed by atoms with Gasteiger partial charge in [-0.25, -0.2) is 9.78 Å². The maximum Gasteiger partial charge on any atom is 0.408 e. The molecule has 0 fully saturated rings. The minimum Gasteiger partial charge on any atom is -0.488 e. The summed E-state index contributed by atoms with van der Waals surface area (Å²) in [6.45, 7) is 13.8. The molecule has 0 saturated carbocycles. The number of carbonyl (C=O) groups is 1. The first-order valence-electron chi connectivity index (χ1n) is 10.1. The third kappa shape index (κ3) is 7.48. The molecule has 2 aromatic heterocycles. The van der Waals surface area contributed by atoms with E-state index in [0.717, 1.165) is 17.0 Å². The van der Waals surface area contributed by atoms with Gasteiger partial charge in [-0.15, -0.1) is 0 Å². The summed E-state index contributed by atoms with van der Waals surface area (Å²) in [7, 11) is 0. The van der Waals surface area contributed by atoms with Gasteiger partial charge in [0.1, 0.15) is 12.2 Å². The van der Waals surface area contributed by atoms with Gasteiger partial charge in [0, 0.05) is 17.5 Å². The Kier molecular flexibility index (Phi) is 7.70. The number of hydrogen-bond acceptors (Lipinski definition) is 5. The lowest BCUT2D eigenvalue weighted by Crippen LogP contribution is -2.52. The monoisotopic (exact) mass is 433 g/mol. The Balaban J connectivity index is 2.13. The van der Waals surface area contributed by atoms with Crippen molar-refractivity contribution < 1.29 is 14.3 Å². The van der Waals surface area contributed by atoms with E-state index in [2.05, 4.69) is 29.1 Å². The molecule has 2 rings (SSSR count). The molecule has 0 bridgehead atoms. The third-order valence-electron chi connectivity index (χ3n) is 4.21. The molecule has 0 spiro atoms. The summed E-state index contributed by atoms with van der Waals surface area (Å²) >= 11 is 6.38. The van der Waals surface area contributed by atoms with E-state index in [-0.39, 0.29) is 11.8 Å². The van der Waals surface area contributed by atoms with Crippen LogP contribution in [0.3, 0.4) is 0 Å². The van der Waals surface area contributed by atoms with E-state index >= 15 is 0 Å². The quantitative estimate of drug-likeness (QED) is 0.557. The topological polar surface area (TPSA) is 73.3 Å². The Hall–Kier alpha value is -2.34. The second kappa shape index (κ2) is 9.65. The van der Waals surface area contributed by atoms with E-state index in [0.29, 0.717) is 18.1 Å². The second-order valence-corrected chi connectivity index (χ2v) is 9.60. The SMILES string of the molecule is Cc1cc(-c2ccc(OCC(C)(CC(C)C)NC(=O)OC(C)(C)C)c(Cl)n2)ccn1. The van der Waals surface area contributed by atoms with Crippen molar-refractivity contribution in [3.05, 3.63) is 41.3 Å². The number of nitrogens with one attached hydrogen (secondary N) is 1. The number of hydrogen-bond donors (Lipinski definition) is 1. The van der Waals surface area contributed by atoms with Crippen LogP contribution in [0.4, 0.5) is 4.79 Å². The fraction of sp³-hybridized carbons (Fsp3) is 0.522. The zero-order chi connectivity index (χ0) is 22.5. The van der Waals surface area contributed by atoms with Crippen LogP contribution in [-0.2, 0) is 4.74 Å². The number of halogens is 1. The Labute approximate surface area is 184 Å². The Morgan fingerprint density at radius 1 is 1.20 bits per heavy atom. The molecular formula is C23H32ClN3O3. The van der Waals surface area contributed by atoms with E-state index < -0.39 is 17.2 Å². The molecule has 0 aliphatic heterocycles. The smallest absolute Gasteiger partial charge is 0.408 e. The number of ether oxygens (including phenoxy) is 2. The maximum absolute atomic E-state index is 12.3. The molecule has 7 heteroatoms. The molecule has 2 heterocycles. The molecular weight excluding hydrogens is 402 g/mol. The van der Waals surface area contributed by atoms with E-state index in [4.69, 9.17) is 21.1 Å². The number of carbonyl (C=O) groups excluding carboxylic acids is 1. The van der Waals surface area contributed by atoms with Crippen molar-refractivity contribution in [1.82, 2.24) is 15.3 Å². The molecule has 0 saturated heterocycles. The molecule has 1 N–H and O–H groups in total. The summed E-state index contributed by atoms with van der Waals surface area (Å²) < 4.78 is 11.4. The highest BCUT2D eigenvalue weighted by atomic mass is 35.5. The van der Waals surface area contributed by atoms with Crippen LogP contribution < -0.4 is 10.1 Å². The molecule has 2 aromatic rings. The van der Waals surface area contributed by atoms with Gasteiger partial charge in [0.15, 0.2) is 10.9 Å². The average Bonchev–Trinajstić information content (AvgIpc) is 2.58. The van der Waals surface area contributed by atoms with Crippen molar-refractivity contribution >= 4 is 17.7 Å². The molecule has 0 aliphatic carbocycles. The first-order chi connectivity index (χ1) is 13.9. The minimum atomic E-state index is -0.624. The number of aryl methyl sites for hydroxylation is 1. The summed E-state index contributed by atoms with van der Waals surface area (Å²) in [6, 6.07) is 7.49. The summed E-state index contributed by atoms with van der Waals surface area (Å²) in [4.78, 5) is 21.0. The number of alkyl carbamates (subject to hydrolysis) is 1. The van der Waals surface area contributed by atoms with Crippen LogP contribution in [0.5, 0.6) is 5.75 Å². The molecule has 0 aromatic carbocycles. The predicted molar refractivity (Wildman–Crippen MR) is 120 cm³/mol. The molecule has 1 unspecified atom stereocenters. The fourth-order valence-corrected chi connectivity index (χ4v) is 3.44. The molecule has 0 radical (unpaired) electrons. The van der Waals surface area contributed by atoms with Crippen LogP contribution in [0, 0.1) is 12.8 Å². The lowest BCUT2D eigenvalue weighted by molar-refractivity contribution is 0.0408. The Morgan fingerprint density at radius 3 is 2.47 bits per heavy atom. The number of amides is 1. The predicted octanol–water partition coefficient (Wildman–Crippen LogP) is 5.81. The summed E-state index contributed by atoms with van der Waals surface area (Å²) in [5, 5.41) is 3.23. The molecule has 0 aliphatic rings. The highest BCUT2D eigenvalue weighted by Gasteiger charge is 2.31. The fourth-order valence-electron chi connectivity index (χ4n) is 3.23. The van der Waals surface area contributed by atoms with Crippen LogP contribution in [0.2, 0.25) is 5.15 Å². The van der Waals surface area contributed by atoms with Crippen molar-refractivity contribution in [3.63, 3.8) is 0 Å². The number of aromatic nitrogens is 2. The first kappa shape index (κ1) is 23.9. The normalized spacial score (nSPS) is 13.6. The third-order valence-corrected chi connectivity index (χ3v) is 4.49. The van der Waals surface area contributed by atoms with Crippen molar-refractivity contribution in [2.75, 3.05) is 6.61 Å². The largest absolute Gasteiger partial charge is 0.488 e. The van der Waals surface area contributed by atoms with E-state index in [1.807, 2.05) is 52.8 Å². The minimum absolute atomic E-state index is 0.236. The van der Waals surface area contributed by atoms with Gasteiger partial charge in [-0.05, 0) is 71.2 Å². The lowest BCUT2D eigenvalue weighted by atomic mass is 9.91. The first-order valence-corrected chi connectivity index (χ1v) is 10.5. The van der Waals surface area contributed by atoms with Gasteiger partial charge in [0.05, 0.1) is 11.2 Å². The summed E-state index contributed by atoms with van der Waals surface area (Å²) in [5.74, 6) is 0.812. The van der Waals surface area contributed by atoms with Gasteiger partial charge in [-0.3, -0.25) is 4.98 Å². The molecule has 164 valence electrons. The van der Waals surface area contributed by atoms with Crippen LogP contribution >= 0.6 is 11.6 Å². The second-order valence-electron chi connectivity index (χ2n) is 9.25. The van der Waals surface area contributed by atoms with Crippen LogP contribution in [0.25, 0.3) is 11.3 Å². The lowest BCUT2D eigenvalue weighted by Gasteiger charge is -2.33. The van der Waals surface area contributed by atoms with Crippen LogP contribution in [0.15, 0.2) is 30.5 Å². The van der Waals surface area contributed by atoms with Gasteiger partial charge in [-0.2, -0.15) is 0 Å². The number of nitrogens with zero attached hydrogens (tertiary/aromatic N) is 2. The van der Waals surface area contributed by atoms with Crippen molar-refractivity contribution in [2.24, 2.45) is 5.92 Å². The van der Waals surface area contributed by atoms with Gasteiger partial charge in [-0.1, -0.05) is 25.4 Å². The van der Waals surface area contributed by atoms with Gasteiger partial charge < -0.3 is 14.8 Å². The number of pyridine rings is 2. The maximum atomic E-state index is 12.3. The zero-order valence-electron chi connectivity index (χ0n) is 18.9. The highest BCUT2D eigenvalue weighted by Crippen LogP contribution is 2.28. The molecule has 1 atom stereocenters. The van der Waals surface area contributed by atoms with Gasteiger partial charge in [0.25, 0.3) is 0 Å². The zero-order valence-corrected chi connectivity index (χ0v) is 19.6. The summed E-state index contributed by atoms with van der Waals surface area (Å²) in [6.07, 6.45) is 1.98. The van der Waals surface area contributed by atoms with Crippen molar-refractivity contribution in [2.45, 2.75) is 66.0 Å². The Bertz CT molecular complexity index is 880. The highest BCUT2D eigenvalue weighted by molar-refractivity contribution is 6.30. The molecule has 1 amide bonds. The van der Waals surface area contributed by atoms with Gasteiger partial charge in [0.2, 0.25) is 0 Å². The van der Waals surface area contributed by atoms with Gasteiger partial charge >= 0.3 is 6.09 Å². The van der Waals surface area contributed by atoms with Crippen LogP contribution in [0.1, 0.15) is 53.7 Å². The Morgan fingerprint density at radius 2 is 1.90 bits per heavy atom. The van der Waals surface area contributed by atoms with Crippen LogP contribution in [-0.4, -0.2) is 33.8 Å². The molecule has 30 heavy (non-hydrogen) atoms. The molecule has 6 nitrogen and oxygen atoms in total. The average molecular weight is 434 g/mol. The van der Waals surface area contributed by atoms with E-state index in [9.17, 15) is 4.79 Å². The van der Waals surface area contributed by atoms with Crippen molar-refractivity contribution in [3.8, 4) is 17.0 Å². The van der Waals surface area contributed by atoms with Crippen molar-refractivity contribution in [1.29, 1.82) is 0 Å².